The molecule has 18 heavy (non-hydrogen) atoms. The number of carbonyl (C=O) groups is 1. The molecule has 0 aliphatic carbocycles. The molecule has 6 heteroatoms. The minimum atomic E-state index is -1.43. The molecule has 2 aromatic rings. The van der Waals surface area contributed by atoms with Gasteiger partial charge in [-0.05, 0) is 6.07 Å². The van der Waals surface area contributed by atoms with E-state index >= 15 is 0 Å². The zero-order valence-electron chi connectivity index (χ0n) is 9.40. The van der Waals surface area contributed by atoms with Gasteiger partial charge in [0.15, 0.2) is 6.29 Å². The van der Waals surface area contributed by atoms with Gasteiger partial charge in [-0.1, -0.05) is 59.1 Å². The van der Waals surface area contributed by atoms with Crippen molar-refractivity contribution in [3.05, 3.63) is 41.6 Å². The largest absolute Gasteiger partial charge is 0.296 e. The number of halogens is 3. The molecule has 0 amide bonds. The fraction of sp³-hybridized carbons (Fsp3) is 0.167. The smallest absolute Gasteiger partial charge is 0.216 e. The van der Waals surface area contributed by atoms with Gasteiger partial charge >= 0.3 is 0 Å². The van der Waals surface area contributed by atoms with Crippen LogP contribution in [0.15, 0.2) is 30.3 Å². The molecular weight excluding hydrogens is 295 g/mol. The molecule has 1 heterocycles. The molecule has 1 aromatic carbocycles. The molecule has 0 saturated heterocycles. The summed E-state index contributed by atoms with van der Waals surface area (Å²) in [5, 5.41) is 4.23. The Morgan fingerprint density at radius 1 is 1.22 bits per heavy atom. The molecule has 0 radical (unpaired) electrons. The summed E-state index contributed by atoms with van der Waals surface area (Å²) in [6, 6.07) is 8.74. The predicted octanol–water partition coefficient (Wildman–Crippen LogP) is 3.73. The zero-order chi connectivity index (χ0) is 13.3. The number of rotatable bonds is 2. The van der Waals surface area contributed by atoms with E-state index in [0.717, 1.165) is 11.8 Å². The summed E-state index contributed by atoms with van der Waals surface area (Å²) in [5.41, 5.74) is 2.66. The van der Waals surface area contributed by atoms with Crippen molar-refractivity contribution in [3.63, 3.8) is 0 Å². The molecule has 3 nitrogen and oxygen atoms in total. The second kappa shape index (κ2) is 4.92. The van der Waals surface area contributed by atoms with Crippen molar-refractivity contribution >= 4 is 41.1 Å². The second-order valence-corrected chi connectivity index (χ2v) is 6.05. The first kappa shape index (κ1) is 13.4. The average Bonchev–Trinajstić information content (AvgIpc) is 2.69. The molecule has 0 atom stereocenters. The lowest BCUT2D eigenvalue weighted by atomic mass is 10.1. The Morgan fingerprint density at radius 3 is 2.28 bits per heavy atom. The standard InChI is InChI=1S/C12H9Cl3N2O/c1-17-10(7-18)6-11(16-17)8-2-4-9(5-3-8)12(13,14)15/h2-7H,1H3. The number of nitrogens with zero attached hydrogens (tertiary/aromatic N) is 2. The van der Waals surface area contributed by atoms with Gasteiger partial charge in [0.1, 0.15) is 5.69 Å². The van der Waals surface area contributed by atoms with Gasteiger partial charge in [-0.25, -0.2) is 0 Å². The SMILES string of the molecule is Cn1nc(-c2ccc(C(Cl)(Cl)Cl)cc2)cc1C=O. The quantitative estimate of drug-likeness (QED) is 0.626. The molecular formula is C12H9Cl3N2O. The van der Waals surface area contributed by atoms with Crippen LogP contribution in [0, 0.1) is 0 Å². The third-order valence-electron chi connectivity index (χ3n) is 2.54. The second-order valence-electron chi connectivity index (χ2n) is 3.77. The first-order valence-electron chi connectivity index (χ1n) is 5.08. The first-order valence-corrected chi connectivity index (χ1v) is 6.22. The Morgan fingerprint density at radius 2 is 1.83 bits per heavy atom. The molecule has 1 aromatic heterocycles. The van der Waals surface area contributed by atoms with E-state index < -0.39 is 3.79 Å². The van der Waals surface area contributed by atoms with Crippen LogP contribution >= 0.6 is 34.8 Å². The number of aromatic nitrogens is 2. The van der Waals surface area contributed by atoms with Gasteiger partial charge in [0.05, 0.1) is 5.69 Å². The highest BCUT2D eigenvalue weighted by atomic mass is 35.6. The van der Waals surface area contributed by atoms with Gasteiger partial charge in [0, 0.05) is 18.2 Å². The van der Waals surface area contributed by atoms with Crippen molar-refractivity contribution in [2.24, 2.45) is 7.05 Å². The van der Waals surface area contributed by atoms with E-state index in [0.29, 0.717) is 17.0 Å². The van der Waals surface area contributed by atoms with Gasteiger partial charge in [-0.2, -0.15) is 5.10 Å². The molecule has 0 fully saturated rings. The molecule has 0 spiro atoms. The summed E-state index contributed by atoms with van der Waals surface area (Å²) in [4.78, 5) is 10.7. The molecule has 0 saturated carbocycles. The van der Waals surface area contributed by atoms with Crippen molar-refractivity contribution in [2.45, 2.75) is 3.79 Å². The monoisotopic (exact) mass is 302 g/mol. The number of hydrogen-bond acceptors (Lipinski definition) is 2. The van der Waals surface area contributed by atoms with E-state index in [1.807, 2.05) is 0 Å². The maximum Gasteiger partial charge on any atom is 0.216 e. The topological polar surface area (TPSA) is 34.9 Å². The van der Waals surface area contributed by atoms with Crippen molar-refractivity contribution in [1.29, 1.82) is 0 Å². The average molecular weight is 304 g/mol. The molecule has 0 unspecified atom stereocenters. The fourth-order valence-electron chi connectivity index (χ4n) is 1.56. The highest BCUT2D eigenvalue weighted by Crippen LogP contribution is 2.38. The van der Waals surface area contributed by atoms with E-state index in [1.54, 1.807) is 37.4 Å². The third kappa shape index (κ3) is 2.69. The maximum atomic E-state index is 10.7. The van der Waals surface area contributed by atoms with Crippen LogP contribution in [0.4, 0.5) is 0 Å². The Balaban J connectivity index is 2.37. The van der Waals surface area contributed by atoms with Crippen LogP contribution < -0.4 is 0 Å². The summed E-state index contributed by atoms with van der Waals surface area (Å²) in [6.45, 7) is 0. The number of hydrogen-bond donors (Lipinski definition) is 0. The molecule has 0 bridgehead atoms. The Hall–Kier alpha value is -1.03. The number of aryl methyl sites for hydroxylation is 1. The fourth-order valence-corrected chi connectivity index (χ4v) is 1.94. The summed E-state index contributed by atoms with van der Waals surface area (Å²) in [7, 11) is 1.71. The molecule has 0 aliphatic rings. The lowest BCUT2D eigenvalue weighted by Gasteiger charge is -2.10. The van der Waals surface area contributed by atoms with Crippen molar-refractivity contribution < 1.29 is 4.79 Å². The summed E-state index contributed by atoms with van der Waals surface area (Å²) in [5.74, 6) is 0. The Kier molecular flexibility index (Phi) is 3.66. The number of aldehydes is 1. The minimum absolute atomic E-state index is 0.510. The van der Waals surface area contributed by atoms with Crippen LogP contribution in [-0.4, -0.2) is 16.1 Å². The normalized spacial score (nSPS) is 11.6. The van der Waals surface area contributed by atoms with Crippen molar-refractivity contribution in [1.82, 2.24) is 9.78 Å². The third-order valence-corrected chi connectivity index (χ3v) is 3.20. The van der Waals surface area contributed by atoms with Crippen LogP contribution in [0.25, 0.3) is 11.3 Å². The lowest BCUT2D eigenvalue weighted by molar-refractivity contribution is 0.111. The van der Waals surface area contributed by atoms with Crippen LogP contribution in [0.2, 0.25) is 0 Å². The van der Waals surface area contributed by atoms with E-state index in [4.69, 9.17) is 34.8 Å². The first-order chi connectivity index (χ1) is 8.41. The zero-order valence-corrected chi connectivity index (χ0v) is 11.7. The lowest BCUT2D eigenvalue weighted by Crippen LogP contribution is -1.99. The summed E-state index contributed by atoms with van der Waals surface area (Å²) >= 11 is 17.3. The van der Waals surface area contributed by atoms with Gasteiger partial charge in [-0.15, -0.1) is 0 Å². The highest BCUT2D eigenvalue weighted by molar-refractivity contribution is 6.66. The van der Waals surface area contributed by atoms with E-state index in [2.05, 4.69) is 5.10 Å². The Labute approximate surface area is 119 Å². The van der Waals surface area contributed by atoms with Crippen LogP contribution in [0.1, 0.15) is 16.1 Å². The van der Waals surface area contributed by atoms with Gasteiger partial charge in [0.2, 0.25) is 3.79 Å². The molecule has 94 valence electrons. The highest BCUT2D eigenvalue weighted by Gasteiger charge is 2.22. The Bertz CT molecular complexity index is 570. The summed E-state index contributed by atoms with van der Waals surface area (Å²) < 4.78 is 0.0851. The summed E-state index contributed by atoms with van der Waals surface area (Å²) in [6.07, 6.45) is 0.756. The van der Waals surface area contributed by atoms with Crippen molar-refractivity contribution in [2.75, 3.05) is 0 Å². The maximum absolute atomic E-state index is 10.7. The van der Waals surface area contributed by atoms with Gasteiger partial charge < -0.3 is 0 Å². The molecule has 2 rings (SSSR count). The van der Waals surface area contributed by atoms with Crippen molar-refractivity contribution in [3.8, 4) is 11.3 Å². The van der Waals surface area contributed by atoms with Crippen LogP contribution in [0.3, 0.4) is 0 Å². The minimum Gasteiger partial charge on any atom is -0.296 e. The molecule has 0 N–H and O–H groups in total. The van der Waals surface area contributed by atoms with Gasteiger partial charge in [-0.3, -0.25) is 9.48 Å². The van der Waals surface area contributed by atoms with E-state index in [1.165, 1.54) is 4.68 Å². The molecule has 0 aliphatic heterocycles. The van der Waals surface area contributed by atoms with E-state index in [9.17, 15) is 4.79 Å². The van der Waals surface area contributed by atoms with Gasteiger partial charge in [0.25, 0.3) is 0 Å². The number of carbonyl (C=O) groups excluding carboxylic acids is 1. The predicted molar refractivity (Wildman–Crippen MR) is 73.3 cm³/mol. The number of alkyl halides is 3. The number of benzene rings is 1. The van der Waals surface area contributed by atoms with E-state index in [-0.39, 0.29) is 0 Å². The van der Waals surface area contributed by atoms with Crippen LogP contribution in [0.5, 0.6) is 0 Å². The van der Waals surface area contributed by atoms with Crippen LogP contribution in [-0.2, 0) is 10.8 Å².